The van der Waals surface area contributed by atoms with Crippen molar-refractivity contribution < 1.29 is 19.1 Å². The third kappa shape index (κ3) is 3.48. The number of likely N-dealkylation sites (tertiary alicyclic amines) is 1. The first kappa shape index (κ1) is 19.5. The van der Waals surface area contributed by atoms with Crippen LogP contribution in [-0.4, -0.2) is 35.8 Å². The predicted molar refractivity (Wildman–Crippen MR) is 114 cm³/mol. The number of carbonyl (C=O) groups excluding carboxylic acids is 2. The first-order valence-electron chi connectivity index (χ1n) is 9.61. The maximum Gasteiger partial charge on any atom is 0.296 e. The summed E-state index contributed by atoms with van der Waals surface area (Å²) in [6.45, 7) is 0.128. The van der Waals surface area contributed by atoms with Gasteiger partial charge in [0.2, 0.25) is 0 Å². The Bertz CT molecular complexity index is 1080. The van der Waals surface area contributed by atoms with Crippen molar-refractivity contribution in [1.82, 2.24) is 4.90 Å². The lowest BCUT2D eigenvalue weighted by Crippen LogP contribution is -2.29. The van der Waals surface area contributed by atoms with E-state index in [1.807, 2.05) is 49.3 Å². The number of anilines is 1. The second-order valence-electron chi connectivity index (χ2n) is 7.36. The van der Waals surface area contributed by atoms with Crippen LogP contribution in [0.2, 0.25) is 0 Å². The van der Waals surface area contributed by atoms with E-state index in [1.54, 1.807) is 36.4 Å². The second kappa shape index (κ2) is 7.91. The summed E-state index contributed by atoms with van der Waals surface area (Å²) in [7, 11) is 3.88. The molecule has 152 valence electrons. The van der Waals surface area contributed by atoms with E-state index in [9.17, 15) is 14.7 Å². The molecule has 1 N–H and O–H groups in total. The minimum atomic E-state index is -0.716. The number of benzene rings is 2. The van der Waals surface area contributed by atoms with Crippen LogP contribution in [0.4, 0.5) is 5.69 Å². The highest BCUT2D eigenvalue weighted by Gasteiger charge is 2.46. The Morgan fingerprint density at radius 2 is 1.70 bits per heavy atom. The van der Waals surface area contributed by atoms with Crippen molar-refractivity contribution in [2.24, 2.45) is 0 Å². The van der Waals surface area contributed by atoms with Crippen molar-refractivity contribution in [2.75, 3.05) is 19.0 Å². The summed E-state index contributed by atoms with van der Waals surface area (Å²) < 4.78 is 5.40. The second-order valence-corrected chi connectivity index (χ2v) is 7.36. The van der Waals surface area contributed by atoms with Crippen molar-refractivity contribution >= 4 is 23.1 Å². The molecule has 2 aromatic carbocycles. The molecule has 3 aromatic rings. The number of rotatable bonds is 5. The summed E-state index contributed by atoms with van der Waals surface area (Å²) in [6, 6.07) is 19.1. The predicted octanol–water partition coefficient (Wildman–Crippen LogP) is 3.97. The molecule has 2 heterocycles. The molecule has 0 spiro atoms. The summed E-state index contributed by atoms with van der Waals surface area (Å²) >= 11 is 0. The molecule has 6 heteroatoms. The smallest absolute Gasteiger partial charge is 0.296 e. The normalized spacial score (nSPS) is 18.1. The number of amides is 1. The lowest BCUT2D eigenvalue weighted by atomic mass is 9.95. The van der Waals surface area contributed by atoms with Gasteiger partial charge in [-0.1, -0.05) is 42.5 Å². The number of hydrogen-bond donors (Lipinski definition) is 1. The maximum atomic E-state index is 13.0. The Morgan fingerprint density at radius 1 is 1.00 bits per heavy atom. The lowest BCUT2D eigenvalue weighted by Gasteiger charge is -2.25. The molecule has 1 fully saturated rings. The molecular formula is C24H22N2O4. The summed E-state index contributed by atoms with van der Waals surface area (Å²) in [4.78, 5) is 29.3. The van der Waals surface area contributed by atoms with Gasteiger partial charge in [-0.15, -0.1) is 0 Å². The molecule has 0 aliphatic carbocycles. The van der Waals surface area contributed by atoms with Gasteiger partial charge in [0.15, 0.2) is 0 Å². The highest BCUT2D eigenvalue weighted by Crippen LogP contribution is 2.40. The van der Waals surface area contributed by atoms with Gasteiger partial charge in [-0.2, -0.15) is 0 Å². The van der Waals surface area contributed by atoms with Crippen molar-refractivity contribution in [2.45, 2.75) is 12.6 Å². The van der Waals surface area contributed by atoms with Gasteiger partial charge in [0.05, 0.1) is 24.4 Å². The fraction of sp³-hybridized carbons (Fsp3) is 0.167. The number of Topliss-reactive ketones (excluding diaryl/α,β-unsaturated/α-hetero) is 1. The van der Waals surface area contributed by atoms with Gasteiger partial charge < -0.3 is 19.3 Å². The van der Waals surface area contributed by atoms with Crippen LogP contribution in [0.5, 0.6) is 0 Å². The molecule has 1 aliphatic rings. The first-order chi connectivity index (χ1) is 14.5. The van der Waals surface area contributed by atoms with Crippen LogP contribution < -0.4 is 4.90 Å². The minimum absolute atomic E-state index is 0.0790. The molecule has 1 unspecified atom stereocenters. The average molecular weight is 402 g/mol. The zero-order valence-electron chi connectivity index (χ0n) is 16.8. The van der Waals surface area contributed by atoms with Gasteiger partial charge in [0.25, 0.3) is 11.7 Å². The van der Waals surface area contributed by atoms with Crippen LogP contribution >= 0.6 is 0 Å². The molecular weight excluding hydrogens is 380 g/mol. The summed E-state index contributed by atoms with van der Waals surface area (Å²) in [5, 5.41) is 11.0. The van der Waals surface area contributed by atoms with Crippen LogP contribution in [0.3, 0.4) is 0 Å². The van der Waals surface area contributed by atoms with E-state index in [0.717, 1.165) is 11.3 Å². The summed E-state index contributed by atoms with van der Waals surface area (Å²) in [6.07, 6.45) is 1.52. The third-order valence-electron chi connectivity index (χ3n) is 5.22. The van der Waals surface area contributed by atoms with Crippen molar-refractivity contribution in [3.8, 4) is 0 Å². The van der Waals surface area contributed by atoms with E-state index in [0.29, 0.717) is 11.3 Å². The SMILES string of the molecule is CN(C)c1ccc(C2/C(=C(/O)c3ccccc3)C(=O)C(=O)N2Cc2ccco2)cc1. The van der Waals surface area contributed by atoms with Gasteiger partial charge in [-0.05, 0) is 29.8 Å². The third-order valence-corrected chi connectivity index (χ3v) is 5.22. The molecule has 1 saturated heterocycles. The maximum absolute atomic E-state index is 13.0. The van der Waals surface area contributed by atoms with Crippen LogP contribution in [0.1, 0.15) is 22.9 Å². The molecule has 0 radical (unpaired) electrons. The fourth-order valence-electron chi connectivity index (χ4n) is 3.67. The van der Waals surface area contributed by atoms with Crippen LogP contribution in [0, 0.1) is 0 Å². The number of aliphatic hydroxyl groups is 1. The standard InChI is InChI=1S/C24H22N2O4/c1-25(2)18-12-10-16(11-13-18)21-20(22(27)17-7-4-3-5-8-17)23(28)24(29)26(21)15-19-9-6-14-30-19/h3-14,21,27H,15H2,1-2H3/b22-20-. The van der Waals surface area contributed by atoms with Crippen molar-refractivity contribution in [1.29, 1.82) is 0 Å². The minimum Gasteiger partial charge on any atom is -0.507 e. The Kier molecular flexibility index (Phi) is 5.14. The highest BCUT2D eigenvalue weighted by atomic mass is 16.3. The molecule has 1 aromatic heterocycles. The van der Waals surface area contributed by atoms with E-state index >= 15 is 0 Å². The number of carbonyl (C=O) groups is 2. The van der Waals surface area contributed by atoms with Crippen LogP contribution in [0.25, 0.3) is 5.76 Å². The number of ketones is 1. The molecule has 30 heavy (non-hydrogen) atoms. The van der Waals surface area contributed by atoms with Gasteiger partial charge in [0, 0.05) is 25.3 Å². The molecule has 1 amide bonds. The summed E-state index contributed by atoms with van der Waals surface area (Å²) in [5.41, 5.74) is 2.30. The molecule has 1 aliphatic heterocycles. The monoisotopic (exact) mass is 402 g/mol. The lowest BCUT2D eigenvalue weighted by molar-refractivity contribution is -0.140. The van der Waals surface area contributed by atoms with Crippen LogP contribution in [-0.2, 0) is 16.1 Å². The first-order valence-corrected chi connectivity index (χ1v) is 9.61. The summed E-state index contributed by atoms with van der Waals surface area (Å²) in [5.74, 6) is -0.987. The van der Waals surface area contributed by atoms with Gasteiger partial charge in [-0.3, -0.25) is 9.59 Å². The largest absolute Gasteiger partial charge is 0.507 e. The Labute approximate surface area is 174 Å². The number of furan rings is 1. The van der Waals surface area contributed by atoms with E-state index in [-0.39, 0.29) is 17.9 Å². The fourth-order valence-corrected chi connectivity index (χ4v) is 3.67. The molecule has 6 nitrogen and oxygen atoms in total. The van der Waals surface area contributed by atoms with Crippen molar-refractivity contribution in [3.63, 3.8) is 0 Å². The molecule has 1 atom stereocenters. The van der Waals surface area contributed by atoms with E-state index in [1.165, 1.54) is 11.2 Å². The topological polar surface area (TPSA) is 74.0 Å². The quantitative estimate of drug-likeness (QED) is 0.397. The van der Waals surface area contributed by atoms with Crippen molar-refractivity contribution in [3.05, 3.63) is 95.5 Å². The van der Waals surface area contributed by atoms with E-state index in [2.05, 4.69) is 0 Å². The number of nitrogens with zero attached hydrogens (tertiary/aromatic N) is 2. The van der Waals surface area contributed by atoms with Gasteiger partial charge >= 0.3 is 0 Å². The zero-order chi connectivity index (χ0) is 21.3. The average Bonchev–Trinajstić information content (AvgIpc) is 3.36. The van der Waals surface area contributed by atoms with E-state index < -0.39 is 17.7 Å². The van der Waals surface area contributed by atoms with E-state index in [4.69, 9.17) is 4.42 Å². The van der Waals surface area contributed by atoms with Gasteiger partial charge in [0.1, 0.15) is 11.5 Å². The Morgan fingerprint density at radius 3 is 2.30 bits per heavy atom. The zero-order valence-corrected chi connectivity index (χ0v) is 16.8. The highest BCUT2D eigenvalue weighted by molar-refractivity contribution is 6.46. The molecule has 0 bridgehead atoms. The van der Waals surface area contributed by atoms with Gasteiger partial charge in [-0.25, -0.2) is 0 Å². The number of hydrogen-bond acceptors (Lipinski definition) is 5. The van der Waals surface area contributed by atoms with Crippen LogP contribution in [0.15, 0.2) is 83.0 Å². The Balaban J connectivity index is 1.85. The molecule has 0 saturated carbocycles. The Hall–Kier alpha value is -3.80. The molecule has 4 rings (SSSR count). The number of aliphatic hydroxyl groups excluding tert-OH is 1.